The Kier molecular flexibility index (Phi) is 5.31. The lowest BCUT2D eigenvalue weighted by Gasteiger charge is -2.55. The van der Waals surface area contributed by atoms with Crippen LogP contribution in [-0.2, 0) is 16.6 Å². The van der Waals surface area contributed by atoms with Gasteiger partial charge in [-0.15, -0.1) is 0 Å². The number of rotatable bonds is 4. The number of nitrogens with one attached hydrogen (secondary N) is 1. The highest BCUT2D eigenvalue weighted by atomic mass is 16.5. The molecule has 2 saturated carbocycles. The maximum Gasteiger partial charge on any atom is 0.246 e. The van der Waals surface area contributed by atoms with Gasteiger partial charge in [0.05, 0.1) is 18.0 Å². The number of hydrogen-bond acceptors (Lipinski definition) is 4. The van der Waals surface area contributed by atoms with Crippen molar-refractivity contribution >= 4 is 17.6 Å². The highest BCUT2D eigenvalue weighted by molar-refractivity contribution is 5.98. The molecule has 2 aliphatic carbocycles. The third kappa shape index (κ3) is 3.27. The summed E-state index contributed by atoms with van der Waals surface area (Å²) >= 11 is 0. The van der Waals surface area contributed by atoms with Gasteiger partial charge in [0.25, 0.3) is 0 Å². The van der Waals surface area contributed by atoms with E-state index in [1.165, 1.54) is 25.7 Å². The van der Waals surface area contributed by atoms with E-state index < -0.39 is 0 Å². The fraction of sp³-hybridized carbons (Fsp3) is 0.750. The van der Waals surface area contributed by atoms with E-state index in [1.807, 2.05) is 18.1 Å². The zero-order chi connectivity index (χ0) is 19.7. The number of carbonyl (C=O) groups excluding carboxylic acids is 1. The first-order valence-electron chi connectivity index (χ1n) is 10.5. The van der Waals surface area contributed by atoms with Gasteiger partial charge in [0.15, 0.2) is 5.96 Å². The second-order valence-electron chi connectivity index (χ2n) is 8.20. The highest BCUT2D eigenvalue weighted by Crippen LogP contribution is 2.54. The number of piperazine rings is 1. The van der Waals surface area contributed by atoms with Crippen molar-refractivity contribution in [1.29, 1.82) is 0 Å². The molecular formula is C20H32N6O2. The summed E-state index contributed by atoms with van der Waals surface area (Å²) in [7, 11) is 3.67. The molecule has 154 valence electrons. The molecule has 0 radical (unpaired) electrons. The van der Waals surface area contributed by atoms with Gasteiger partial charge in [-0.2, -0.15) is 5.10 Å². The van der Waals surface area contributed by atoms with E-state index >= 15 is 0 Å². The Bertz CT molecular complexity index is 739. The van der Waals surface area contributed by atoms with Gasteiger partial charge < -0.3 is 19.9 Å². The van der Waals surface area contributed by atoms with E-state index in [1.54, 1.807) is 17.9 Å². The van der Waals surface area contributed by atoms with Gasteiger partial charge in [0, 0.05) is 51.4 Å². The number of aromatic nitrogens is 2. The van der Waals surface area contributed by atoms with Crippen LogP contribution in [0.5, 0.6) is 0 Å². The Labute approximate surface area is 166 Å². The predicted molar refractivity (Wildman–Crippen MR) is 108 cm³/mol. The lowest BCUT2D eigenvalue weighted by atomic mass is 9.60. The first kappa shape index (κ1) is 19.2. The van der Waals surface area contributed by atoms with Crippen LogP contribution in [0.15, 0.2) is 17.4 Å². The number of amides is 1. The minimum atomic E-state index is 0.0820. The van der Waals surface area contributed by atoms with Crippen molar-refractivity contribution in [1.82, 2.24) is 20.0 Å². The van der Waals surface area contributed by atoms with Crippen molar-refractivity contribution in [2.45, 2.75) is 51.2 Å². The topological polar surface area (TPSA) is 75.0 Å². The Morgan fingerprint density at radius 1 is 1.39 bits per heavy atom. The van der Waals surface area contributed by atoms with Gasteiger partial charge in [0.2, 0.25) is 5.91 Å². The van der Waals surface area contributed by atoms with Crippen LogP contribution >= 0.6 is 0 Å². The summed E-state index contributed by atoms with van der Waals surface area (Å²) in [5.41, 5.74) is 1.10. The van der Waals surface area contributed by atoms with Crippen molar-refractivity contribution < 1.29 is 9.53 Å². The Hall–Kier alpha value is -2.09. The average Bonchev–Trinajstić information content (AvgIpc) is 3.35. The normalized spacial score (nSPS) is 27.4. The fourth-order valence-electron chi connectivity index (χ4n) is 5.22. The van der Waals surface area contributed by atoms with Crippen molar-refractivity contribution in [3.05, 3.63) is 12.4 Å². The predicted octanol–water partition coefficient (Wildman–Crippen LogP) is 1.38. The maximum atomic E-state index is 12.7. The minimum absolute atomic E-state index is 0.0820. The van der Waals surface area contributed by atoms with Crippen LogP contribution in [0, 0.1) is 5.41 Å². The molecule has 1 saturated heterocycles. The van der Waals surface area contributed by atoms with E-state index in [4.69, 9.17) is 4.74 Å². The van der Waals surface area contributed by atoms with E-state index in [2.05, 4.69) is 27.2 Å². The molecule has 4 rings (SSSR count). The number of aliphatic imine (C=N–C) groups is 1. The van der Waals surface area contributed by atoms with Gasteiger partial charge in [-0.1, -0.05) is 12.8 Å². The van der Waals surface area contributed by atoms with Crippen LogP contribution in [0.25, 0.3) is 0 Å². The molecule has 28 heavy (non-hydrogen) atoms. The van der Waals surface area contributed by atoms with Crippen molar-refractivity contribution in [3.8, 4) is 0 Å². The first-order valence-corrected chi connectivity index (χ1v) is 10.5. The van der Waals surface area contributed by atoms with E-state index in [0.29, 0.717) is 25.2 Å². The standard InChI is InChI=1S/C20H32N6O2/c1-4-28-17-11-16(20(17)7-5-6-8-20)23-19(21-2)25-9-10-26(18(27)14-25)15-12-22-24(3)13-15/h12-13,16-17H,4-11,14H2,1-3H3,(H,21,23). The number of guanidine groups is 1. The number of anilines is 1. The van der Waals surface area contributed by atoms with E-state index in [9.17, 15) is 4.79 Å². The van der Waals surface area contributed by atoms with Crippen molar-refractivity contribution in [3.63, 3.8) is 0 Å². The maximum absolute atomic E-state index is 12.7. The molecule has 1 spiro atoms. The van der Waals surface area contributed by atoms with Gasteiger partial charge in [-0.05, 0) is 26.2 Å². The van der Waals surface area contributed by atoms with Crippen molar-refractivity contribution in [2.75, 3.05) is 38.2 Å². The molecular weight excluding hydrogens is 356 g/mol. The largest absolute Gasteiger partial charge is 0.378 e. The molecule has 1 aliphatic heterocycles. The SMILES string of the molecule is CCOC1CC(NC(=NC)N2CCN(c3cnn(C)c3)C(=O)C2)C12CCCC2. The molecule has 1 aromatic rings. The Morgan fingerprint density at radius 3 is 2.79 bits per heavy atom. The molecule has 3 fully saturated rings. The molecule has 1 aromatic heterocycles. The quantitative estimate of drug-likeness (QED) is 0.623. The lowest BCUT2D eigenvalue weighted by Crippen LogP contribution is -2.66. The van der Waals surface area contributed by atoms with Crippen LogP contribution in [0.2, 0.25) is 0 Å². The molecule has 8 nitrogen and oxygen atoms in total. The summed E-state index contributed by atoms with van der Waals surface area (Å²) in [6.07, 6.45) is 10.0. The lowest BCUT2D eigenvalue weighted by molar-refractivity contribution is -0.126. The molecule has 1 amide bonds. The number of nitrogens with zero attached hydrogens (tertiary/aromatic N) is 5. The Morgan fingerprint density at radius 2 is 2.18 bits per heavy atom. The molecule has 1 N–H and O–H groups in total. The highest BCUT2D eigenvalue weighted by Gasteiger charge is 2.57. The number of hydrogen-bond donors (Lipinski definition) is 1. The summed E-state index contributed by atoms with van der Waals surface area (Å²) in [5.74, 6) is 0.920. The molecule has 2 atom stereocenters. The number of carbonyl (C=O) groups is 1. The van der Waals surface area contributed by atoms with Crippen LogP contribution in [-0.4, -0.2) is 72.0 Å². The van der Waals surface area contributed by atoms with E-state index in [-0.39, 0.29) is 11.3 Å². The van der Waals surface area contributed by atoms with Gasteiger partial charge in [-0.3, -0.25) is 14.5 Å². The molecule has 2 unspecified atom stereocenters. The average molecular weight is 389 g/mol. The molecule has 2 heterocycles. The number of aryl methyl sites for hydroxylation is 1. The summed E-state index contributed by atoms with van der Waals surface area (Å²) in [4.78, 5) is 21.1. The number of ether oxygens (including phenoxy) is 1. The van der Waals surface area contributed by atoms with Gasteiger partial charge in [0.1, 0.15) is 6.54 Å². The van der Waals surface area contributed by atoms with Crippen LogP contribution in [0.1, 0.15) is 39.0 Å². The van der Waals surface area contributed by atoms with Gasteiger partial charge >= 0.3 is 0 Å². The summed E-state index contributed by atoms with van der Waals surface area (Å²) in [5, 5.41) is 7.86. The summed E-state index contributed by atoms with van der Waals surface area (Å²) < 4.78 is 7.75. The third-order valence-corrected chi connectivity index (χ3v) is 6.73. The van der Waals surface area contributed by atoms with Crippen LogP contribution in [0.4, 0.5) is 5.69 Å². The van der Waals surface area contributed by atoms with Crippen LogP contribution < -0.4 is 10.2 Å². The summed E-state index contributed by atoms with van der Waals surface area (Å²) in [6.45, 7) is 4.59. The second-order valence-corrected chi connectivity index (χ2v) is 8.20. The Balaban J connectivity index is 1.39. The molecule has 3 aliphatic rings. The smallest absolute Gasteiger partial charge is 0.246 e. The first-order chi connectivity index (χ1) is 13.6. The van der Waals surface area contributed by atoms with Crippen molar-refractivity contribution in [2.24, 2.45) is 17.5 Å². The third-order valence-electron chi connectivity index (χ3n) is 6.73. The minimum Gasteiger partial charge on any atom is -0.378 e. The van der Waals surface area contributed by atoms with Gasteiger partial charge in [-0.25, -0.2) is 0 Å². The molecule has 0 bridgehead atoms. The zero-order valence-corrected chi connectivity index (χ0v) is 17.2. The zero-order valence-electron chi connectivity index (χ0n) is 17.2. The fourth-order valence-corrected chi connectivity index (χ4v) is 5.22. The summed E-state index contributed by atoms with van der Waals surface area (Å²) in [6, 6.07) is 0.386. The molecule has 0 aromatic carbocycles. The molecule has 8 heteroatoms. The van der Waals surface area contributed by atoms with E-state index in [0.717, 1.165) is 31.2 Å². The second kappa shape index (κ2) is 7.73. The van der Waals surface area contributed by atoms with Crippen LogP contribution in [0.3, 0.4) is 0 Å². The monoisotopic (exact) mass is 388 g/mol.